The third-order valence-electron chi connectivity index (χ3n) is 3.47. The third-order valence-corrected chi connectivity index (χ3v) is 3.47. The van der Waals surface area contributed by atoms with Crippen molar-refractivity contribution in [3.05, 3.63) is 29.8 Å². The summed E-state index contributed by atoms with van der Waals surface area (Å²) in [4.78, 5) is 13.7. The van der Waals surface area contributed by atoms with Crippen LogP contribution in [0.5, 0.6) is 5.75 Å². The third kappa shape index (κ3) is 3.61. The van der Waals surface area contributed by atoms with Crippen LogP contribution < -0.4 is 10.5 Å². The maximum Gasteiger partial charge on any atom is 0.242 e. The lowest BCUT2D eigenvalue weighted by atomic mass is 10.1. The van der Waals surface area contributed by atoms with Gasteiger partial charge in [-0.3, -0.25) is 4.79 Å². The number of hydrogen-bond donors (Lipinski definition) is 1. The molecule has 106 valence electrons. The Bertz CT molecular complexity index is 447. The molecule has 1 aliphatic carbocycles. The summed E-state index contributed by atoms with van der Waals surface area (Å²) in [5.41, 5.74) is 6.44. The first-order valence-electron chi connectivity index (χ1n) is 6.23. The summed E-state index contributed by atoms with van der Waals surface area (Å²) >= 11 is 0. The number of nitrogens with zero attached hydrogens (tertiary/aromatic N) is 1. The summed E-state index contributed by atoms with van der Waals surface area (Å²) in [6.07, 6.45) is 2.40. The van der Waals surface area contributed by atoms with Crippen molar-refractivity contribution in [2.75, 3.05) is 20.7 Å². The second kappa shape index (κ2) is 6.26. The summed E-state index contributed by atoms with van der Waals surface area (Å²) in [5.74, 6) is 0.921. The maximum atomic E-state index is 12.0. The second-order valence-electron chi connectivity index (χ2n) is 4.94. The fourth-order valence-corrected chi connectivity index (χ4v) is 2.03. The van der Waals surface area contributed by atoms with Crippen LogP contribution in [-0.4, -0.2) is 37.0 Å². The quantitative estimate of drug-likeness (QED) is 0.894. The van der Waals surface area contributed by atoms with Crippen LogP contribution in [0.4, 0.5) is 0 Å². The van der Waals surface area contributed by atoms with Gasteiger partial charge in [0.15, 0.2) is 0 Å². The summed E-state index contributed by atoms with van der Waals surface area (Å²) in [6, 6.07) is 7.87. The molecule has 0 bridgehead atoms. The van der Waals surface area contributed by atoms with Gasteiger partial charge in [0.2, 0.25) is 5.91 Å². The van der Waals surface area contributed by atoms with Crippen LogP contribution in [0.3, 0.4) is 0 Å². The summed E-state index contributed by atoms with van der Waals surface area (Å²) < 4.78 is 5.29. The van der Waals surface area contributed by atoms with E-state index in [0.717, 1.165) is 30.6 Å². The lowest BCUT2D eigenvalue weighted by Gasteiger charge is -2.21. The van der Waals surface area contributed by atoms with Gasteiger partial charge < -0.3 is 15.4 Å². The molecule has 1 amide bonds. The zero-order valence-corrected chi connectivity index (χ0v) is 12.2. The van der Waals surface area contributed by atoms with E-state index in [9.17, 15) is 4.79 Å². The second-order valence-corrected chi connectivity index (χ2v) is 4.94. The van der Waals surface area contributed by atoms with E-state index in [1.807, 2.05) is 31.3 Å². The Morgan fingerprint density at radius 1 is 1.42 bits per heavy atom. The average Bonchev–Trinajstić information content (AvgIpc) is 3.14. The van der Waals surface area contributed by atoms with Gasteiger partial charge in [-0.2, -0.15) is 0 Å². The standard InChI is InChI=1S/C14H20N2O2.ClH/c1-16(13(17)14(15)8-9-14)10-7-11-5-3-4-6-12(11)18-2;/h3-6H,7-10,15H2,1-2H3;1H. The predicted octanol–water partition coefficient (Wildman–Crippen LogP) is 1.61. The number of rotatable bonds is 5. The first-order chi connectivity index (χ1) is 8.57. The van der Waals surface area contributed by atoms with E-state index in [1.54, 1.807) is 12.0 Å². The Morgan fingerprint density at radius 3 is 2.63 bits per heavy atom. The molecule has 0 saturated heterocycles. The summed E-state index contributed by atoms with van der Waals surface area (Å²) in [6.45, 7) is 0.665. The molecule has 1 aromatic rings. The fourth-order valence-electron chi connectivity index (χ4n) is 2.03. The summed E-state index contributed by atoms with van der Waals surface area (Å²) in [7, 11) is 3.47. The number of nitrogens with two attached hydrogens (primary N) is 1. The molecule has 2 N–H and O–H groups in total. The highest BCUT2D eigenvalue weighted by Crippen LogP contribution is 2.33. The van der Waals surface area contributed by atoms with Crippen LogP contribution in [0.15, 0.2) is 24.3 Å². The Morgan fingerprint density at radius 2 is 2.05 bits per heavy atom. The highest BCUT2D eigenvalue weighted by Gasteiger charge is 2.47. The number of para-hydroxylation sites is 1. The van der Waals surface area contributed by atoms with Crippen LogP contribution in [0.2, 0.25) is 0 Å². The Kier molecular flexibility index (Phi) is 5.20. The zero-order chi connectivity index (χ0) is 13.2. The van der Waals surface area contributed by atoms with Crippen molar-refractivity contribution in [1.82, 2.24) is 4.90 Å². The number of likely N-dealkylation sites (N-methyl/N-ethyl adjacent to an activating group) is 1. The minimum Gasteiger partial charge on any atom is -0.496 e. The molecule has 0 aliphatic heterocycles. The van der Waals surface area contributed by atoms with Gasteiger partial charge in [0.1, 0.15) is 5.75 Å². The van der Waals surface area contributed by atoms with Gasteiger partial charge in [-0.05, 0) is 30.9 Å². The van der Waals surface area contributed by atoms with Crippen molar-refractivity contribution in [3.63, 3.8) is 0 Å². The normalized spacial score (nSPS) is 15.3. The monoisotopic (exact) mass is 284 g/mol. The van der Waals surface area contributed by atoms with Crippen LogP contribution in [0, 0.1) is 0 Å². The van der Waals surface area contributed by atoms with Crippen molar-refractivity contribution < 1.29 is 9.53 Å². The van der Waals surface area contributed by atoms with E-state index in [0.29, 0.717) is 6.54 Å². The smallest absolute Gasteiger partial charge is 0.242 e. The molecule has 1 fully saturated rings. The topological polar surface area (TPSA) is 55.6 Å². The van der Waals surface area contributed by atoms with Crippen LogP contribution >= 0.6 is 12.4 Å². The van der Waals surface area contributed by atoms with E-state index in [1.165, 1.54) is 0 Å². The molecule has 19 heavy (non-hydrogen) atoms. The van der Waals surface area contributed by atoms with Gasteiger partial charge in [-0.1, -0.05) is 18.2 Å². The van der Waals surface area contributed by atoms with Gasteiger partial charge in [0.05, 0.1) is 12.6 Å². The number of carbonyl (C=O) groups is 1. The molecule has 2 rings (SSSR count). The largest absolute Gasteiger partial charge is 0.496 e. The number of benzene rings is 1. The van der Waals surface area contributed by atoms with E-state index in [4.69, 9.17) is 10.5 Å². The zero-order valence-electron chi connectivity index (χ0n) is 11.4. The van der Waals surface area contributed by atoms with E-state index < -0.39 is 5.54 Å². The lowest BCUT2D eigenvalue weighted by Crippen LogP contribution is -2.44. The van der Waals surface area contributed by atoms with E-state index in [2.05, 4.69) is 0 Å². The molecule has 0 aromatic heterocycles. The van der Waals surface area contributed by atoms with Crippen LogP contribution in [0.25, 0.3) is 0 Å². The van der Waals surface area contributed by atoms with Gasteiger partial charge in [0, 0.05) is 13.6 Å². The SMILES string of the molecule is COc1ccccc1CCN(C)C(=O)C1(N)CC1.Cl. The fraction of sp³-hybridized carbons (Fsp3) is 0.500. The molecular formula is C14H21ClN2O2. The molecule has 0 spiro atoms. The Balaban J connectivity index is 0.00000180. The molecule has 1 saturated carbocycles. The molecule has 4 nitrogen and oxygen atoms in total. The van der Waals surface area contributed by atoms with Crippen molar-refractivity contribution in [3.8, 4) is 5.75 Å². The Hall–Kier alpha value is -1.26. The van der Waals surface area contributed by atoms with Crippen molar-refractivity contribution in [1.29, 1.82) is 0 Å². The minimum atomic E-state index is -0.574. The lowest BCUT2D eigenvalue weighted by molar-refractivity contribution is -0.132. The van der Waals surface area contributed by atoms with Crippen LogP contribution in [-0.2, 0) is 11.2 Å². The van der Waals surface area contributed by atoms with Gasteiger partial charge in [0.25, 0.3) is 0 Å². The minimum absolute atomic E-state index is 0. The Labute approximate surface area is 120 Å². The molecule has 0 unspecified atom stereocenters. The molecule has 5 heteroatoms. The molecule has 0 radical (unpaired) electrons. The molecular weight excluding hydrogens is 264 g/mol. The van der Waals surface area contributed by atoms with Crippen LogP contribution in [0.1, 0.15) is 18.4 Å². The molecule has 0 atom stereocenters. The van der Waals surface area contributed by atoms with Gasteiger partial charge >= 0.3 is 0 Å². The van der Waals surface area contributed by atoms with E-state index >= 15 is 0 Å². The van der Waals surface area contributed by atoms with Crippen molar-refractivity contribution in [2.45, 2.75) is 24.8 Å². The number of hydrogen-bond acceptors (Lipinski definition) is 3. The van der Waals surface area contributed by atoms with E-state index in [-0.39, 0.29) is 18.3 Å². The molecule has 0 heterocycles. The molecule has 1 aliphatic rings. The number of carbonyl (C=O) groups excluding carboxylic acids is 1. The molecule has 1 aromatic carbocycles. The van der Waals surface area contributed by atoms with Gasteiger partial charge in [-0.25, -0.2) is 0 Å². The average molecular weight is 285 g/mol. The number of amides is 1. The maximum absolute atomic E-state index is 12.0. The number of methoxy groups -OCH3 is 1. The highest BCUT2D eigenvalue weighted by atomic mass is 35.5. The first kappa shape index (κ1) is 15.8. The highest BCUT2D eigenvalue weighted by molar-refractivity contribution is 5.88. The first-order valence-corrected chi connectivity index (χ1v) is 6.23. The number of halogens is 1. The van der Waals surface area contributed by atoms with Gasteiger partial charge in [-0.15, -0.1) is 12.4 Å². The predicted molar refractivity (Wildman–Crippen MR) is 77.7 cm³/mol. The van der Waals surface area contributed by atoms with Crippen molar-refractivity contribution in [2.24, 2.45) is 5.73 Å². The summed E-state index contributed by atoms with van der Waals surface area (Å²) in [5, 5.41) is 0. The number of ether oxygens (including phenoxy) is 1. The van der Waals surface area contributed by atoms with Crippen molar-refractivity contribution >= 4 is 18.3 Å².